The third-order valence-corrected chi connectivity index (χ3v) is 5.40. The molecule has 2 heterocycles. The van der Waals surface area contributed by atoms with Crippen LogP contribution < -0.4 is 5.32 Å². The van der Waals surface area contributed by atoms with E-state index in [4.69, 9.17) is 16.6 Å². The van der Waals surface area contributed by atoms with Crippen LogP contribution in [0.15, 0.2) is 47.8 Å². The zero-order valence-corrected chi connectivity index (χ0v) is 17.1. The maximum Gasteiger partial charge on any atom is 0.187 e. The van der Waals surface area contributed by atoms with Crippen LogP contribution in [0.1, 0.15) is 11.1 Å². The molecule has 0 spiro atoms. The van der Waals surface area contributed by atoms with Crippen LogP contribution in [0.4, 0.5) is 10.8 Å². The van der Waals surface area contributed by atoms with E-state index >= 15 is 0 Å². The lowest BCUT2D eigenvalue weighted by molar-refractivity contribution is 0.403. The van der Waals surface area contributed by atoms with Crippen molar-refractivity contribution in [2.24, 2.45) is 0 Å². The molecule has 2 aromatic heterocycles. The summed E-state index contributed by atoms with van der Waals surface area (Å²) in [6, 6.07) is 14.5. The zero-order valence-electron chi connectivity index (χ0n) is 15.5. The van der Waals surface area contributed by atoms with Crippen molar-refractivity contribution in [1.82, 2.24) is 14.9 Å². The average Bonchev–Trinajstić information content (AvgIpc) is 3.23. The standard InChI is InChI=1S/C21H21ClN4S/c1-13-4-7-16(22)10-17(13)24-21-25-20(12-27-21)19-9-15-6-5-14(11-26(2)3)8-18(15)23-19/h4-10,12,23H,11H2,1-3H3,(H,24,25). The highest BCUT2D eigenvalue weighted by Gasteiger charge is 2.10. The van der Waals surface area contributed by atoms with E-state index < -0.39 is 0 Å². The van der Waals surface area contributed by atoms with E-state index in [2.05, 4.69) is 65.9 Å². The van der Waals surface area contributed by atoms with Gasteiger partial charge in [0.25, 0.3) is 0 Å². The van der Waals surface area contributed by atoms with Crippen molar-refractivity contribution in [3.63, 3.8) is 0 Å². The van der Waals surface area contributed by atoms with E-state index in [0.29, 0.717) is 5.02 Å². The second-order valence-electron chi connectivity index (χ2n) is 6.96. The number of hydrogen-bond acceptors (Lipinski definition) is 4. The van der Waals surface area contributed by atoms with Gasteiger partial charge in [-0.1, -0.05) is 29.8 Å². The summed E-state index contributed by atoms with van der Waals surface area (Å²) >= 11 is 7.69. The number of fused-ring (bicyclic) bond motifs is 1. The van der Waals surface area contributed by atoms with Crippen LogP contribution in [-0.4, -0.2) is 29.0 Å². The Hall–Kier alpha value is -2.34. The van der Waals surface area contributed by atoms with Crippen LogP contribution in [0.25, 0.3) is 22.3 Å². The lowest BCUT2D eigenvalue weighted by Gasteiger charge is -2.09. The Morgan fingerprint density at radius 3 is 2.81 bits per heavy atom. The number of halogens is 1. The number of rotatable bonds is 5. The van der Waals surface area contributed by atoms with Crippen LogP contribution in [0.3, 0.4) is 0 Å². The maximum atomic E-state index is 6.11. The van der Waals surface area contributed by atoms with Gasteiger partial charge in [-0.05, 0) is 56.4 Å². The van der Waals surface area contributed by atoms with Gasteiger partial charge in [-0.15, -0.1) is 11.3 Å². The molecule has 0 atom stereocenters. The summed E-state index contributed by atoms with van der Waals surface area (Å²) in [4.78, 5) is 10.4. The smallest absolute Gasteiger partial charge is 0.187 e. The van der Waals surface area contributed by atoms with Crippen LogP contribution in [0, 0.1) is 6.92 Å². The molecular weight excluding hydrogens is 376 g/mol. The molecule has 0 fully saturated rings. The van der Waals surface area contributed by atoms with Crippen LogP contribution in [-0.2, 0) is 6.54 Å². The number of benzene rings is 2. The molecule has 0 aliphatic rings. The zero-order chi connectivity index (χ0) is 19.0. The molecule has 0 radical (unpaired) electrons. The third kappa shape index (κ3) is 4.00. The Morgan fingerprint density at radius 2 is 2.00 bits per heavy atom. The van der Waals surface area contributed by atoms with E-state index in [1.165, 1.54) is 10.9 Å². The predicted molar refractivity (Wildman–Crippen MR) is 116 cm³/mol. The molecule has 0 amide bonds. The summed E-state index contributed by atoms with van der Waals surface area (Å²) in [6.45, 7) is 2.98. The largest absolute Gasteiger partial charge is 0.353 e. The van der Waals surface area contributed by atoms with Crippen molar-refractivity contribution in [2.45, 2.75) is 13.5 Å². The number of hydrogen-bond donors (Lipinski definition) is 2. The molecule has 4 nitrogen and oxygen atoms in total. The Labute approximate surface area is 167 Å². The monoisotopic (exact) mass is 396 g/mol. The van der Waals surface area contributed by atoms with Gasteiger partial charge in [0.2, 0.25) is 0 Å². The molecule has 138 valence electrons. The molecule has 0 bridgehead atoms. The van der Waals surface area contributed by atoms with E-state index in [1.54, 1.807) is 11.3 Å². The topological polar surface area (TPSA) is 44.0 Å². The molecule has 2 aromatic carbocycles. The second kappa shape index (κ2) is 7.35. The normalized spacial score (nSPS) is 11.4. The van der Waals surface area contributed by atoms with Crippen molar-refractivity contribution < 1.29 is 0 Å². The molecule has 2 N–H and O–H groups in total. The fourth-order valence-corrected chi connectivity index (χ4v) is 3.97. The molecule has 27 heavy (non-hydrogen) atoms. The van der Waals surface area contributed by atoms with Crippen LogP contribution in [0.5, 0.6) is 0 Å². The number of H-pyrrole nitrogens is 1. The van der Waals surface area contributed by atoms with Crippen LogP contribution in [0.2, 0.25) is 5.02 Å². The Kier molecular flexibility index (Phi) is 4.91. The Bertz CT molecular complexity index is 1100. The highest BCUT2D eigenvalue weighted by Crippen LogP contribution is 2.31. The number of aryl methyl sites for hydroxylation is 1. The third-order valence-electron chi connectivity index (χ3n) is 4.41. The van der Waals surface area contributed by atoms with Crippen molar-refractivity contribution in [3.05, 3.63) is 64.0 Å². The first-order valence-electron chi connectivity index (χ1n) is 8.73. The minimum absolute atomic E-state index is 0.712. The van der Waals surface area contributed by atoms with Crippen molar-refractivity contribution in [2.75, 3.05) is 19.4 Å². The van der Waals surface area contributed by atoms with Crippen molar-refractivity contribution >= 4 is 44.7 Å². The number of nitrogens with one attached hydrogen (secondary N) is 2. The molecule has 0 unspecified atom stereocenters. The quantitative estimate of drug-likeness (QED) is 0.431. The summed E-state index contributed by atoms with van der Waals surface area (Å²) in [5.41, 5.74) is 6.51. The lowest BCUT2D eigenvalue weighted by Crippen LogP contribution is -2.10. The van der Waals surface area contributed by atoms with Crippen molar-refractivity contribution in [3.8, 4) is 11.4 Å². The van der Waals surface area contributed by atoms with E-state index in [9.17, 15) is 0 Å². The molecule has 0 aliphatic carbocycles. The first-order valence-corrected chi connectivity index (χ1v) is 9.99. The first kappa shape index (κ1) is 18.0. The van der Waals surface area contributed by atoms with Gasteiger partial charge in [0.15, 0.2) is 5.13 Å². The summed E-state index contributed by atoms with van der Waals surface area (Å²) in [5.74, 6) is 0. The summed E-state index contributed by atoms with van der Waals surface area (Å²) < 4.78 is 0. The van der Waals surface area contributed by atoms with Gasteiger partial charge in [0.1, 0.15) is 0 Å². The summed E-state index contributed by atoms with van der Waals surface area (Å²) in [5, 5.41) is 8.19. The van der Waals surface area contributed by atoms with Gasteiger partial charge in [0.05, 0.1) is 11.4 Å². The van der Waals surface area contributed by atoms with Gasteiger partial charge >= 0.3 is 0 Å². The summed E-state index contributed by atoms with van der Waals surface area (Å²) in [7, 11) is 4.16. The predicted octanol–water partition coefficient (Wildman–Crippen LogP) is 6.06. The number of aromatic amines is 1. The second-order valence-corrected chi connectivity index (χ2v) is 8.26. The molecule has 0 saturated heterocycles. The summed E-state index contributed by atoms with van der Waals surface area (Å²) in [6.07, 6.45) is 0. The lowest BCUT2D eigenvalue weighted by atomic mass is 10.1. The van der Waals surface area contributed by atoms with Gasteiger partial charge in [-0.3, -0.25) is 0 Å². The fourth-order valence-electron chi connectivity index (χ4n) is 3.07. The number of nitrogens with zero attached hydrogens (tertiary/aromatic N) is 2. The minimum atomic E-state index is 0.712. The molecule has 6 heteroatoms. The number of thiazole rings is 1. The maximum absolute atomic E-state index is 6.11. The van der Waals surface area contributed by atoms with E-state index in [0.717, 1.165) is 39.8 Å². The average molecular weight is 397 g/mol. The molecule has 0 saturated carbocycles. The number of anilines is 2. The van der Waals surface area contributed by atoms with Crippen LogP contribution >= 0.6 is 22.9 Å². The van der Waals surface area contributed by atoms with Gasteiger partial charge in [-0.25, -0.2) is 4.98 Å². The van der Waals surface area contributed by atoms with E-state index in [-0.39, 0.29) is 0 Å². The number of aromatic nitrogens is 2. The first-order chi connectivity index (χ1) is 13.0. The highest BCUT2D eigenvalue weighted by molar-refractivity contribution is 7.14. The fraction of sp³-hybridized carbons (Fsp3) is 0.190. The molecule has 4 aromatic rings. The van der Waals surface area contributed by atoms with E-state index in [1.807, 2.05) is 18.2 Å². The highest BCUT2D eigenvalue weighted by atomic mass is 35.5. The molecular formula is C21H21ClN4S. The SMILES string of the molecule is Cc1ccc(Cl)cc1Nc1nc(-c2cc3ccc(CN(C)C)cc3[nH]2)cs1. The van der Waals surface area contributed by atoms with Gasteiger partial charge in [-0.2, -0.15) is 0 Å². The van der Waals surface area contributed by atoms with Crippen molar-refractivity contribution in [1.29, 1.82) is 0 Å². The molecule has 4 rings (SSSR count). The van der Waals surface area contributed by atoms with Gasteiger partial charge < -0.3 is 15.2 Å². The Balaban J connectivity index is 1.60. The van der Waals surface area contributed by atoms with Gasteiger partial charge in [0, 0.05) is 33.5 Å². The molecule has 0 aliphatic heterocycles. The Morgan fingerprint density at radius 1 is 1.15 bits per heavy atom. The minimum Gasteiger partial charge on any atom is -0.353 e.